The van der Waals surface area contributed by atoms with Crippen LogP contribution in [0.3, 0.4) is 0 Å². The van der Waals surface area contributed by atoms with Crippen LogP contribution in [0.15, 0.2) is 34.7 Å². The summed E-state index contributed by atoms with van der Waals surface area (Å²) in [4.78, 5) is 37.1. The van der Waals surface area contributed by atoms with E-state index in [1.807, 2.05) is 0 Å². The maximum atomic E-state index is 12.6. The lowest BCUT2D eigenvalue weighted by atomic mass is 10.1. The predicted molar refractivity (Wildman–Crippen MR) is 94.4 cm³/mol. The smallest absolute Gasteiger partial charge is 0.371 e. The summed E-state index contributed by atoms with van der Waals surface area (Å²) in [7, 11) is 0. The lowest BCUT2D eigenvalue weighted by molar-refractivity contribution is -0.132. The number of nitrogens with one attached hydrogen (secondary N) is 1. The van der Waals surface area contributed by atoms with Gasteiger partial charge < -0.3 is 19.7 Å². The molecule has 2 aromatic rings. The molecule has 0 spiro atoms. The van der Waals surface area contributed by atoms with Crippen LogP contribution in [0.4, 0.5) is 5.69 Å². The molecule has 0 aliphatic carbocycles. The molecule has 0 radical (unpaired) electrons. The maximum absolute atomic E-state index is 12.6. The van der Waals surface area contributed by atoms with Gasteiger partial charge in [-0.25, -0.2) is 4.79 Å². The minimum atomic E-state index is -1.19. The van der Waals surface area contributed by atoms with Crippen molar-refractivity contribution in [2.24, 2.45) is 5.92 Å². The third-order valence-electron chi connectivity index (χ3n) is 4.03. The number of furan rings is 1. The summed E-state index contributed by atoms with van der Waals surface area (Å²) in [5.41, 5.74) is 0.469. The first-order valence-corrected chi connectivity index (χ1v) is 8.48. The molecule has 7 nitrogen and oxygen atoms in total. The van der Waals surface area contributed by atoms with Crippen LogP contribution < -0.4 is 10.2 Å². The van der Waals surface area contributed by atoms with Crippen molar-refractivity contribution in [3.8, 4) is 0 Å². The Bertz CT molecular complexity index is 880. The van der Waals surface area contributed by atoms with Crippen LogP contribution in [0.2, 0.25) is 10.0 Å². The van der Waals surface area contributed by atoms with Crippen LogP contribution in [0.5, 0.6) is 0 Å². The number of carboxylic acid groups (broad SMARTS) is 1. The van der Waals surface area contributed by atoms with E-state index in [9.17, 15) is 14.4 Å². The van der Waals surface area contributed by atoms with Gasteiger partial charge in [0.15, 0.2) is 0 Å². The van der Waals surface area contributed by atoms with Crippen molar-refractivity contribution in [3.05, 3.63) is 51.9 Å². The predicted octanol–water partition coefficient (Wildman–Crippen LogP) is 2.95. The number of halogens is 2. The average Bonchev–Trinajstić information content (AvgIpc) is 3.22. The summed E-state index contributed by atoms with van der Waals surface area (Å²) in [6.07, 6.45) is 0.339. The highest BCUT2D eigenvalue weighted by molar-refractivity contribution is 6.36. The molecule has 1 aliphatic rings. The van der Waals surface area contributed by atoms with E-state index in [1.165, 1.54) is 17.0 Å². The fourth-order valence-corrected chi connectivity index (χ4v) is 3.13. The number of amides is 2. The molecule has 2 amide bonds. The number of nitrogens with zero attached hydrogens (tertiary/aromatic N) is 1. The summed E-state index contributed by atoms with van der Waals surface area (Å²) in [5.74, 6) is -2.79. The molecule has 9 heteroatoms. The van der Waals surface area contributed by atoms with E-state index in [0.29, 0.717) is 28.7 Å². The van der Waals surface area contributed by atoms with E-state index in [4.69, 9.17) is 32.7 Å². The summed E-state index contributed by atoms with van der Waals surface area (Å²) >= 11 is 12.1. The van der Waals surface area contributed by atoms with Gasteiger partial charge in [0, 0.05) is 11.6 Å². The van der Waals surface area contributed by atoms with Gasteiger partial charge in [0.25, 0.3) is 0 Å². The van der Waals surface area contributed by atoms with Crippen molar-refractivity contribution in [2.45, 2.75) is 13.0 Å². The molecule has 0 saturated carbocycles. The number of hydrogen-bond donors (Lipinski definition) is 2. The van der Waals surface area contributed by atoms with Crippen LogP contribution in [-0.2, 0) is 16.1 Å². The summed E-state index contributed by atoms with van der Waals surface area (Å²) in [6.45, 7) is 0.342. The van der Waals surface area contributed by atoms with E-state index < -0.39 is 17.8 Å². The quantitative estimate of drug-likeness (QED) is 0.756. The van der Waals surface area contributed by atoms with Gasteiger partial charge in [-0.15, -0.1) is 0 Å². The van der Waals surface area contributed by atoms with Gasteiger partial charge in [0.1, 0.15) is 11.7 Å². The molecule has 1 saturated heterocycles. The molecule has 1 fully saturated rings. The van der Waals surface area contributed by atoms with Crippen molar-refractivity contribution < 1.29 is 23.9 Å². The second-order valence-corrected chi connectivity index (χ2v) is 6.56. The molecule has 1 atom stereocenters. The van der Waals surface area contributed by atoms with Crippen molar-refractivity contribution in [1.82, 2.24) is 5.32 Å². The Balaban J connectivity index is 1.64. The molecule has 136 valence electrons. The lowest BCUT2D eigenvalue weighted by Crippen LogP contribution is -2.36. The van der Waals surface area contributed by atoms with Gasteiger partial charge in [-0.2, -0.15) is 0 Å². The number of aromatic carboxylic acids is 1. The van der Waals surface area contributed by atoms with Gasteiger partial charge in [0.05, 0.1) is 17.3 Å². The van der Waals surface area contributed by atoms with Crippen LogP contribution in [0.1, 0.15) is 22.7 Å². The number of carbonyl (C=O) groups excluding carboxylic acids is 2. The highest BCUT2D eigenvalue weighted by Gasteiger charge is 2.38. The largest absolute Gasteiger partial charge is 0.475 e. The van der Waals surface area contributed by atoms with Crippen LogP contribution in [0.25, 0.3) is 0 Å². The lowest BCUT2D eigenvalue weighted by Gasteiger charge is -2.18. The fraction of sp³-hybridized carbons (Fsp3) is 0.235. The van der Waals surface area contributed by atoms with Crippen molar-refractivity contribution >= 4 is 46.7 Å². The number of carboxylic acids is 1. The average molecular weight is 397 g/mol. The third kappa shape index (κ3) is 3.68. The molecule has 3 rings (SSSR count). The van der Waals surface area contributed by atoms with Crippen molar-refractivity contribution in [2.75, 3.05) is 11.4 Å². The normalized spacial score (nSPS) is 16.8. The fourth-order valence-electron chi connectivity index (χ4n) is 2.74. The minimum Gasteiger partial charge on any atom is -0.475 e. The van der Waals surface area contributed by atoms with Crippen LogP contribution in [-0.4, -0.2) is 29.4 Å². The molecule has 1 aromatic heterocycles. The number of benzene rings is 1. The van der Waals surface area contributed by atoms with E-state index in [0.717, 1.165) is 0 Å². The zero-order chi connectivity index (χ0) is 18.8. The maximum Gasteiger partial charge on any atom is 0.371 e. The summed E-state index contributed by atoms with van der Waals surface area (Å²) in [5, 5.41) is 12.2. The highest BCUT2D eigenvalue weighted by atomic mass is 35.5. The third-order valence-corrected chi connectivity index (χ3v) is 4.58. The van der Waals surface area contributed by atoms with E-state index >= 15 is 0 Å². The second kappa shape index (κ2) is 7.39. The minimum absolute atomic E-state index is 0.00614. The Kier molecular flexibility index (Phi) is 5.20. The Morgan fingerprint density at radius 3 is 2.73 bits per heavy atom. The van der Waals surface area contributed by atoms with Crippen LogP contribution >= 0.6 is 23.2 Å². The molecule has 1 unspecified atom stereocenters. The first kappa shape index (κ1) is 18.3. The van der Waals surface area contributed by atoms with Gasteiger partial charge in [0.2, 0.25) is 17.6 Å². The number of hydrogen-bond acceptors (Lipinski definition) is 4. The van der Waals surface area contributed by atoms with Crippen molar-refractivity contribution in [3.63, 3.8) is 0 Å². The molecule has 2 N–H and O–H groups in total. The molecule has 1 aromatic carbocycles. The van der Waals surface area contributed by atoms with E-state index in [2.05, 4.69) is 5.32 Å². The second-order valence-electron chi connectivity index (χ2n) is 5.72. The number of rotatable bonds is 5. The molecule has 1 aliphatic heterocycles. The zero-order valence-electron chi connectivity index (χ0n) is 13.4. The Morgan fingerprint density at radius 1 is 1.27 bits per heavy atom. The van der Waals surface area contributed by atoms with Gasteiger partial charge in [-0.05, 0) is 36.8 Å². The zero-order valence-corrected chi connectivity index (χ0v) is 14.9. The van der Waals surface area contributed by atoms with Crippen LogP contribution in [0, 0.1) is 5.92 Å². The molecule has 26 heavy (non-hydrogen) atoms. The SMILES string of the molecule is O=C(O)c1ccc(CNC(=O)C2CCN(c3cc(Cl)ccc3Cl)C2=O)o1. The standard InChI is InChI=1S/C17H14Cl2N2O5/c18-9-1-3-12(19)13(7-9)21-6-5-11(16(21)23)15(22)20-8-10-2-4-14(26-10)17(24)25/h1-4,7,11H,5-6,8H2,(H,20,22)(H,24,25). The first-order chi connectivity index (χ1) is 12.4. The number of anilines is 1. The van der Waals surface area contributed by atoms with E-state index in [1.54, 1.807) is 18.2 Å². The highest BCUT2D eigenvalue weighted by Crippen LogP contribution is 2.33. The van der Waals surface area contributed by atoms with Gasteiger partial charge in [-0.1, -0.05) is 23.2 Å². The molecular weight excluding hydrogens is 383 g/mol. The molecule has 2 heterocycles. The topological polar surface area (TPSA) is 99.9 Å². The Morgan fingerprint density at radius 2 is 2.04 bits per heavy atom. The molecular formula is C17H14Cl2N2O5. The molecule has 0 bridgehead atoms. The van der Waals surface area contributed by atoms with Gasteiger partial charge in [-0.3, -0.25) is 9.59 Å². The summed E-state index contributed by atoms with van der Waals surface area (Å²) in [6, 6.07) is 7.55. The first-order valence-electron chi connectivity index (χ1n) is 7.73. The summed E-state index contributed by atoms with van der Waals surface area (Å²) < 4.78 is 5.06. The Hall–Kier alpha value is -2.51. The van der Waals surface area contributed by atoms with Gasteiger partial charge >= 0.3 is 5.97 Å². The van der Waals surface area contributed by atoms with Crippen molar-refractivity contribution in [1.29, 1.82) is 0 Å². The monoisotopic (exact) mass is 396 g/mol. The Labute approximate surface area is 158 Å². The number of carbonyl (C=O) groups is 3. The van der Waals surface area contributed by atoms with E-state index in [-0.39, 0.29) is 24.0 Å².